The summed E-state index contributed by atoms with van der Waals surface area (Å²) in [7, 11) is 0. The van der Waals surface area contributed by atoms with Gasteiger partial charge in [0.05, 0.1) is 0 Å². The SMILES string of the molecule is C=CCN(CC(=O)O)C(=O)Nc1nnc(CC(C)C)s1. The maximum Gasteiger partial charge on any atom is 0.324 e. The van der Waals surface area contributed by atoms with Crippen LogP contribution in [0.25, 0.3) is 0 Å². The smallest absolute Gasteiger partial charge is 0.324 e. The number of hydrogen-bond acceptors (Lipinski definition) is 5. The second kappa shape index (κ2) is 7.59. The van der Waals surface area contributed by atoms with Gasteiger partial charge in [-0.15, -0.1) is 16.8 Å². The van der Waals surface area contributed by atoms with Crippen LogP contribution in [0.15, 0.2) is 12.7 Å². The summed E-state index contributed by atoms with van der Waals surface area (Å²) in [6.07, 6.45) is 2.26. The van der Waals surface area contributed by atoms with Crippen LogP contribution in [0, 0.1) is 5.92 Å². The van der Waals surface area contributed by atoms with Crippen LogP contribution in [0.3, 0.4) is 0 Å². The molecule has 1 aromatic rings. The predicted octanol–water partition coefficient (Wildman–Crippen LogP) is 1.84. The molecule has 0 aliphatic carbocycles. The van der Waals surface area contributed by atoms with E-state index in [1.807, 2.05) is 0 Å². The molecular formula is C12H18N4O3S. The van der Waals surface area contributed by atoms with Crippen LogP contribution in [-0.4, -0.2) is 45.3 Å². The molecule has 0 radical (unpaired) electrons. The Kier molecular flexibility index (Phi) is 6.10. The molecule has 0 aliphatic rings. The molecular weight excluding hydrogens is 280 g/mol. The van der Waals surface area contributed by atoms with Crippen molar-refractivity contribution in [3.63, 3.8) is 0 Å². The third kappa shape index (κ3) is 5.35. The number of carbonyl (C=O) groups is 2. The zero-order chi connectivity index (χ0) is 15.1. The zero-order valence-corrected chi connectivity index (χ0v) is 12.3. The van der Waals surface area contributed by atoms with Gasteiger partial charge in [0, 0.05) is 13.0 Å². The van der Waals surface area contributed by atoms with Gasteiger partial charge in [-0.25, -0.2) is 4.79 Å². The maximum absolute atomic E-state index is 11.9. The molecule has 1 aromatic heterocycles. The van der Waals surface area contributed by atoms with E-state index in [1.165, 1.54) is 17.4 Å². The Morgan fingerprint density at radius 3 is 2.75 bits per heavy atom. The number of aliphatic carboxylic acids is 1. The molecule has 20 heavy (non-hydrogen) atoms. The third-order valence-electron chi connectivity index (χ3n) is 2.23. The normalized spacial score (nSPS) is 10.3. The topological polar surface area (TPSA) is 95.4 Å². The molecule has 1 heterocycles. The van der Waals surface area contributed by atoms with Gasteiger partial charge in [-0.05, 0) is 5.92 Å². The Balaban J connectivity index is 2.64. The molecule has 2 amide bonds. The van der Waals surface area contributed by atoms with Crippen molar-refractivity contribution < 1.29 is 14.7 Å². The predicted molar refractivity (Wildman–Crippen MR) is 76.9 cm³/mol. The van der Waals surface area contributed by atoms with E-state index in [1.54, 1.807) is 0 Å². The van der Waals surface area contributed by atoms with E-state index < -0.39 is 18.5 Å². The second-order valence-electron chi connectivity index (χ2n) is 4.59. The summed E-state index contributed by atoms with van der Waals surface area (Å²) in [5.74, 6) is -0.629. The highest BCUT2D eigenvalue weighted by atomic mass is 32.1. The fourth-order valence-corrected chi connectivity index (χ4v) is 2.39. The fraction of sp³-hybridized carbons (Fsp3) is 0.500. The number of rotatable bonds is 7. The molecule has 0 spiro atoms. The van der Waals surface area contributed by atoms with Crippen molar-refractivity contribution in [1.29, 1.82) is 0 Å². The average molecular weight is 298 g/mol. The van der Waals surface area contributed by atoms with Crippen LogP contribution in [-0.2, 0) is 11.2 Å². The van der Waals surface area contributed by atoms with Gasteiger partial charge in [0.2, 0.25) is 5.13 Å². The molecule has 0 saturated carbocycles. The highest BCUT2D eigenvalue weighted by Crippen LogP contribution is 2.18. The monoisotopic (exact) mass is 298 g/mol. The lowest BCUT2D eigenvalue weighted by atomic mass is 10.1. The van der Waals surface area contributed by atoms with E-state index in [4.69, 9.17) is 5.11 Å². The molecule has 8 heteroatoms. The van der Waals surface area contributed by atoms with Gasteiger partial charge >= 0.3 is 12.0 Å². The van der Waals surface area contributed by atoms with Crippen molar-refractivity contribution >= 4 is 28.5 Å². The second-order valence-corrected chi connectivity index (χ2v) is 5.65. The molecule has 0 aliphatic heterocycles. The first-order chi connectivity index (χ1) is 9.42. The van der Waals surface area contributed by atoms with E-state index in [0.29, 0.717) is 11.0 Å². The number of anilines is 1. The number of aromatic nitrogens is 2. The van der Waals surface area contributed by atoms with Gasteiger partial charge in [0.15, 0.2) is 0 Å². The molecule has 0 bridgehead atoms. The van der Waals surface area contributed by atoms with E-state index in [9.17, 15) is 9.59 Å². The quantitative estimate of drug-likeness (QED) is 0.749. The molecule has 0 atom stereocenters. The minimum absolute atomic E-state index is 0.149. The minimum atomic E-state index is -1.08. The molecule has 2 N–H and O–H groups in total. The van der Waals surface area contributed by atoms with Crippen molar-refractivity contribution in [1.82, 2.24) is 15.1 Å². The Bertz CT molecular complexity index is 487. The summed E-state index contributed by atoms with van der Waals surface area (Å²) in [6.45, 7) is 7.38. The number of carboxylic acid groups (broad SMARTS) is 1. The number of carbonyl (C=O) groups excluding carboxylic acids is 1. The number of amides is 2. The highest BCUT2D eigenvalue weighted by Gasteiger charge is 2.17. The summed E-state index contributed by atoms with van der Waals surface area (Å²) < 4.78 is 0. The number of carboxylic acids is 1. The number of nitrogens with one attached hydrogen (secondary N) is 1. The van der Waals surface area contributed by atoms with Gasteiger partial charge in [-0.3, -0.25) is 10.1 Å². The highest BCUT2D eigenvalue weighted by molar-refractivity contribution is 7.15. The molecule has 0 unspecified atom stereocenters. The lowest BCUT2D eigenvalue weighted by Gasteiger charge is -2.18. The van der Waals surface area contributed by atoms with E-state index in [-0.39, 0.29) is 6.54 Å². The van der Waals surface area contributed by atoms with Crippen molar-refractivity contribution in [2.75, 3.05) is 18.4 Å². The standard InChI is InChI=1S/C12H18N4O3S/c1-4-5-16(7-10(17)18)12(19)13-11-15-14-9(20-11)6-8(2)3/h4,8H,1,5-7H2,2-3H3,(H,17,18)(H,13,15,19). The Labute approximate surface area is 121 Å². The molecule has 0 aromatic carbocycles. The van der Waals surface area contributed by atoms with Gasteiger partial charge in [-0.1, -0.05) is 31.3 Å². The summed E-state index contributed by atoms with van der Waals surface area (Å²) in [5.41, 5.74) is 0. The summed E-state index contributed by atoms with van der Waals surface area (Å²) >= 11 is 1.29. The summed E-state index contributed by atoms with van der Waals surface area (Å²) in [5, 5.41) is 20.3. The Morgan fingerprint density at radius 2 is 2.20 bits per heavy atom. The third-order valence-corrected chi connectivity index (χ3v) is 3.09. The molecule has 0 saturated heterocycles. The summed E-state index contributed by atoms with van der Waals surface area (Å²) in [4.78, 5) is 23.7. The van der Waals surface area contributed by atoms with E-state index in [2.05, 4.69) is 35.9 Å². The van der Waals surface area contributed by atoms with Crippen molar-refractivity contribution in [3.05, 3.63) is 17.7 Å². The van der Waals surface area contributed by atoms with Crippen molar-refractivity contribution in [2.24, 2.45) is 5.92 Å². The first kappa shape index (κ1) is 16.1. The number of urea groups is 1. The van der Waals surface area contributed by atoms with Gasteiger partial charge in [-0.2, -0.15) is 0 Å². The average Bonchev–Trinajstić information content (AvgIpc) is 2.74. The lowest BCUT2D eigenvalue weighted by molar-refractivity contribution is -0.137. The first-order valence-electron chi connectivity index (χ1n) is 6.13. The zero-order valence-electron chi connectivity index (χ0n) is 11.5. The number of nitrogens with zero attached hydrogens (tertiary/aromatic N) is 3. The van der Waals surface area contributed by atoms with Gasteiger partial charge in [0.1, 0.15) is 11.6 Å². The molecule has 110 valence electrons. The summed E-state index contributed by atoms with van der Waals surface area (Å²) in [6, 6.07) is -0.528. The fourth-order valence-electron chi connectivity index (χ4n) is 1.44. The maximum atomic E-state index is 11.9. The van der Waals surface area contributed by atoms with Crippen LogP contribution < -0.4 is 5.32 Å². The van der Waals surface area contributed by atoms with Crippen LogP contribution in [0.5, 0.6) is 0 Å². The van der Waals surface area contributed by atoms with Crippen LogP contribution in [0.1, 0.15) is 18.9 Å². The Hall–Kier alpha value is -1.96. The lowest BCUT2D eigenvalue weighted by Crippen LogP contribution is -2.38. The first-order valence-corrected chi connectivity index (χ1v) is 6.95. The van der Waals surface area contributed by atoms with Crippen molar-refractivity contribution in [2.45, 2.75) is 20.3 Å². The van der Waals surface area contributed by atoms with Gasteiger partial charge in [0.25, 0.3) is 0 Å². The minimum Gasteiger partial charge on any atom is -0.480 e. The van der Waals surface area contributed by atoms with Crippen LogP contribution in [0.4, 0.5) is 9.93 Å². The van der Waals surface area contributed by atoms with Gasteiger partial charge < -0.3 is 10.0 Å². The van der Waals surface area contributed by atoms with Crippen LogP contribution in [0.2, 0.25) is 0 Å². The van der Waals surface area contributed by atoms with E-state index >= 15 is 0 Å². The largest absolute Gasteiger partial charge is 0.480 e. The van der Waals surface area contributed by atoms with E-state index in [0.717, 1.165) is 16.3 Å². The molecule has 1 rings (SSSR count). The Morgan fingerprint density at radius 1 is 1.50 bits per heavy atom. The molecule has 0 fully saturated rings. The van der Waals surface area contributed by atoms with Crippen molar-refractivity contribution in [3.8, 4) is 0 Å². The molecule has 7 nitrogen and oxygen atoms in total. The number of hydrogen-bond donors (Lipinski definition) is 2. The van der Waals surface area contributed by atoms with Crippen LogP contribution >= 0.6 is 11.3 Å².